The maximum atomic E-state index is 12.9. The molecule has 30 heavy (non-hydrogen) atoms. The first-order valence-corrected chi connectivity index (χ1v) is 10.4. The van der Waals surface area contributed by atoms with Gasteiger partial charge in [0.2, 0.25) is 0 Å². The zero-order valence-electron chi connectivity index (χ0n) is 16.8. The first kappa shape index (κ1) is 20.4. The lowest BCUT2D eigenvalue weighted by Crippen LogP contribution is -2.23. The molecule has 0 saturated carbocycles. The predicted molar refractivity (Wildman–Crippen MR) is 115 cm³/mol. The first-order valence-electron chi connectivity index (χ1n) is 9.19. The Kier molecular flexibility index (Phi) is 5.25. The fraction of sp³-hybridized carbons (Fsp3) is 0.300. The van der Waals surface area contributed by atoms with Crippen LogP contribution in [0.15, 0.2) is 16.9 Å². The highest BCUT2D eigenvalue weighted by Gasteiger charge is 2.22. The minimum atomic E-state index is -0.366. The molecule has 1 aromatic carbocycles. The average molecular weight is 447 g/mol. The number of carbonyl (C=O) groups excluding carboxylic acids is 1. The molecule has 1 N–H and O–H groups in total. The summed E-state index contributed by atoms with van der Waals surface area (Å²) in [5.74, 6) is 0.698. The normalized spacial score (nSPS) is 12.7. The maximum absolute atomic E-state index is 12.9. The van der Waals surface area contributed by atoms with Gasteiger partial charge in [0.25, 0.3) is 11.5 Å². The molecule has 0 radical (unpaired) electrons. The number of aryl methyl sites for hydroxylation is 3. The van der Waals surface area contributed by atoms with E-state index in [1.165, 1.54) is 4.68 Å². The molecule has 1 aliphatic heterocycles. The van der Waals surface area contributed by atoms with Crippen molar-refractivity contribution >= 4 is 34.5 Å². The van der Waals surface area contributed by atoms with Crippen molar-refractivity contribution in [3.63, 3.8) is 0 Å². The monoisotopic (exact) mass is 446 g/mol. The number of nitrogens with zero attached hydrogens (tertiary/aromatic N) is 3. The van der Waals surface area contributed by atoms with Crippen molar-refractivity contribution < 1.29 is 14.3 Å². The largest absolute Gasteiger partial charge is 0.486 e. The van der Waals surface area contributed by atoms with Gasteiger partial charge >= 0.3 is 0 Å². The van der Waals surface area contributed by atoms with Gasteiger partial charge in [0.1, 0.15) is 23.1 Å². The Hall–Kier alpha value is -2.91. The van der Waals surface area contributed by atoms with Crippen LogP contribution in [-0.4, -0.2) is 33.9 Å². The van der Waals surface area contributed by atoms with Crippen molar-refractivity contribution in [2.45, 2.75) is 20.8 Å². The number of nitrogens with one attached hydrogen (secondary N) is 1. The Morgan fingerprint density at radius 1 is 1.17 bits per heavy atom. The molecule has 0 bridgehead atoms. The fourth-order valence-corrected chi connectivity index (χ4v) is 4.41. The third-order valence-corrected chi connectivity index (χ3v) is 6.31. The molecule has 3 aromatic rings. The highest BCUT2D eigenvalue weighted by molar-refractivity contribution is 7.17. The van der Waals surface area contributed by atoms with E-state index in [9.17, 15) is 9.59 Å². The van der Waals surface area contributed by atoms with Crippen LogP contribution < -0.4 is 20.3 Å². The second-order valence-corrected chi connectivity index (χ2v) is 8.28. The van der Waals surface area contributed by atoms with Crippen molar-refractivity contribution in [3.8, 4) is 22.1 Å². The standard InChI is InChI=1S/C20H19ClN4O4S/c1-9-10(2)24-25(4)20(27)16(9)19-22-11(3)17(30-19)18(26)23-13-8-15-14(7-12(13)21)28-5-6-29-15/h7-8H,5-6H2,1-4H3,(H,23,26). The summed E-state index contributed by atoms with van der Waals surface area (Å²) in [5.41, 5.74) is 2.61. The summed E-state index contributed by atoms with van der Waals surface area (Å²) in [6, 6.07) is 3.25. The molecule has 10 heteroatoms. The van der Waals surface area contributed by atoms with Crippen molar-refractivity contribution in [2.24, 2.45) is 7.05 Å². The van der Waals surface area contributed by atoms with E-state index in [1.807, 2.05) is 13.8 Å². The number of thiazole rings is 1. The van der Waals surface area contributed by atoms with E-state index in [4.69, 9.17) is 21.1 Å². The van der Waals surface area contributed by atoms with Gasteiger partial charge in [0.15, 0.2) is 11.5 Å². The van der Waals surface area contributed by atoms with Crippen LogP contribution in [-0.2, 0) is 7.05 Å². The number of ether oxygens (including phenoxy) is 2. The van der Waals surface area contributed by atoms with Crippen molar-refractivity contribution in [1.82, 2.24) is 14.8 Å². The van der Waals surface area contributed by atoms with Crippen LogP contribution in [0.3, 0.4) is 0 Å². The lowest BCUT2D eigenvalue weighted by molar-refractivity contribution is 0.102. The average Bonchev–Trinajstić information content (AvgIpc) is 3.08. The molecular weight excluding hydrogens is 428 g/mol. The van der Waals surface area contributed by atoms with Gasteiger partial charge in [-0.15, -0.1) is 11.3 Å². The summed E-state index contributed by atoms with van der Waals surface area (Å²) in [4.78, 5) is 30.4. The van der Waals surface area contributed by atoms with E-state index in [0.717, 1.165) is 22.6 Å². The van der Waals surface area contributed by atoms with Crippen LogP contribution in [0.5, 0.6) is 11.5 Å². The van der Waals surface area contributed by atoms with Gasteiger partial charge in [-0.3, -0.25) is 9.59 Å². The molecule has 4 rings (SSSR count). The topological polar surface area (TPSA) is 95.3 Å². The summed E-state index contributed by atoms with van der Waals surface area (Å²) < 4.78 is 12.3. The van der Waals surface area contributed by atoms with Crippen molar-refractivity contribution in [1.29, 1.82) is 0 Å². The molecule has 0 aliphatic carbocycles. The molecule has 8 nitrogen and oxygen atoms in total. The van der Waals surface area contributed by atoms with E-state index in [1.54, 1.807) is 26.1 Å². The Bertz CT molecular complexity index is 1230. The first-order chi connectivity index (χ1) is 14.3. The molecule has 0 unspecified atom stereocenters. The number of halogens is 1. The van der Waals surface area contributed by atoms with Crippen molar-refractivity contribution in [2.75, 3.05) is 18.5 Å². The Balaban J connectivity index is 1.68. The zero-order valence-corrected chi connectivity index (χ0v) is 18.4. The van der Waals surface area contributed by atoms with Crippen LogP contribution in [0.1, 0.15) is 26.6 Å². The molecule has 2 aromatic heterocycles. The minimum Gasteiger partial charge on any atom is -0.486 e. The number of rotatable bonds is 3. The molecular formula is C20H19ClN4O4S. The van der Waals surface area contributed by atoms with Crippen LogP contribution in [0.25, 0.3) is 10.6 Å². The molecule has 0 saturated heterocycles. The summed E-state index contributed by atoms with van der Waals surface area (Å²) in [6.45, 7) is 6.26. The predicted octanol–water partition coefficient (Wildman–Crippen LogP) is 3.51. The molecule has 1 aliphatic rings. The SMILES string of the molecule is Cc1nc(-c2c(C)c(C)nn(C)c2=O)sc1C(=O)Nc1cc2c(cc1Cl)OCCO2. The number of aromatic nitrogens is 3. The molecule has 0 spiro atoms. The van der Waals surface area contributed by atoms with Gasteiger partial charge in [0, 0.05) is 19.2 Å². The van der Waals surface area contributed by atoms with Gasteiger partial charge in [-0.1, -0.05) is 11.6 Å². The highest BCUT2D eigenvalue weighted by Crippen LogP contribution is 2.38. The van der Waals surface area contributed by atoms with Gasteiger partial charge in [-0.25, -0.2) is 9.67 Å². The lowest BCUT2D eigenvalue weighted by atomic mass is 10.1. The second-order valence-electron chi connectivity index (χ2n) is 6.88. The van der Waals surface area contributed by atoms with E-state index in [2.05, 4.69) is 15.4 Å². The number of benzene rings is 1. The Morgan fingerprint density at radius 2 is 1.83 bits per heavy atom. The van der Waals surface area contributed by atoms with Gasteiger partial charge in [-0.05, 0) is 26.3 Å². The van der Waals surface area contributed by atoms with E-state index in [0.29, 0.717) is 56.6 Å². The van der Waals surface area contributed by atoms with Crippen LogP contribution in [0.4, 0.5) is 5.69 Å². The van der Waals surface area contributed by atoms with Crippen molar-refractivity contribution in [3.05, 3.63) is 49.3 Å². The van der Waals surface area contributed by atoms with Crippen LogP contribution in [0.2, 0.25) is 5.02 Å². The quantitative estimate of drug-likeness (QED) is 0.661. The van der Waals surface area contributed by atoms with Gasteiger partial charge < -0.3 is 14.8 Å². The summed E-state index contributed by atoms with van der Waals surface area (Å²) >= 11 is 7.45. The van der Waals surface area contributed by atoms with Crippen LogP contribution in [0, 0.1) is 20.8 Å². The number of anilines is 1. The summed E-state index contributed by atoms with van der Waals surface area (Å²) in [5, 5.41) is 7.81. The molecule has 156 valence electrons. The fourth-order valence-electron chi connectivity index (χ4n) is 3.15. The number of amides is 1. The summed E-state index contributed by atoms with van der Waals surface area (Å²) in [6.07, 6.45) is 0. The summed E-state index contributed by atoms with van der Waals surface area (Å²) in [7, 11) is 1.59. The second kappa shape index (κ2) is 7.73. The molecule has 0 fully saturated rings. The van der Waals surface area contributed by atoms with Gasteiger partial charge in [0.05, 0.1) is 27.7 Å². The zero-order chi connectivity index (χ0) is 21.6. The number of hydrogen-bond donors (Lipinski definition) is 1. The Morgan fingerprint density at radius 3 is 2.53 bits per heavy atom. The maximum Gasteiger partial charge on any atom is 0.277 e. The molecule has 3 heterocycles. The smallest absolute Gasteiger partial charge is 0.277 e. The third kappa shape index (κ3) is 3.54. The highest BCUT2D eigenvalue weighted by atomic mass is 35.5. The van der Waals surface area contributed by atoms with E-state index >= 15 is 0 Å². The minimum absolute atomic E-state index is 0.256. The number of hydrogen-bond acceptors (Lipinski definition) is 7. The van der Waals surface area contributed by atoms with E-state index < -0.39 is 0 Å². The number of fused-ring (bicyclic) bond motifs is 1. The van der Waals surface area contributed by atoms with Crippen LogP contribution >= 0.6 is 22.9 Å². The lowest BCUT2D eigenvalue weighted by Gasteiger charge is -2.19. The van der Waals surface area contributed by atoms with Gasteiger partial charge in [-0.2, -0.15) is 5.10 Å². The Labute approximate surface area is 181 Å². The van der Waals surface area contributed by atoms with E-state index in [-0.39, 0.29) is 11.5 Å². The number of carbonyl (C=O) groups is 1. The molecule has 0 atom stereocenters. The molecule has 1 amide bonds. The third-order valence-electron chi connectivity index (χ3n) is 4.82.